The van der Waals surface area contributed by atoms with E-state index in [4.69, 9.17) is 0 Å². The van der Waals surface area contributed by atoms with Gasteiger partial charge in [0.15, 0.2) is 0 Å². The Morgan fingerprint density at radius 3 is 2.66 bits per heavy atom. The molecule has 2 amide bonds. The molecular weight excluding hydrogens is 391 g/mol. The topological polar surface area (TPSA) is 76.0 Å². The molecule has 1 atom stereocenters. The fourth-order valence-electron chi connectivity index (χ4n) is 2.76. The molecule has 0 saturated heterocycles. The number of imidazole rings is 1. The number of hydrogen-bond acceptors (Lipinski definition) is 4. The van der Waals surface area contributed by atoms with Crippen molar-refractivity contribution in [3.05, 3.63) is 78.6 Å². The summed E-state index contributed by atoms with van der Waals surface area (Å²) >= 11 is 1.58. The molecule has 3 aromatic rings. The molecule has 1 unspecified atom stereocenters. The summed E-state index contributed by atoms with van der Waals surface area (Å²) in [5.41, 5.74) is 1.13. The van der Waals surface area contributed by atoms with Gasteiger partial charge >= 0.3 is 0 Å². The first kappa shape index (κ1) is 20.6. The Bertz CT molecular complexity index is 964. The van der Waals surface area contributed by atoms with Gasteiger partial charge in [-0.2, -0.15) is 11.8 Å². The van der Waals surface area contributed by atoms with Crippen LogP contribution in [-0.2, 0) is 4.79 Å². The van der Waals surface area contributed by atoms with Crippen LogP contribution in [0.1, 0.15) is 16.8 Å². The summed E-state index contributed by atoms with van der Waals surface area (Å²) < 4.78 is 16.0. The summed E-state index contributed by atoms with van der Waals surface area (Å²) in [7, 11) is 0. The molecule has 0 aliphatic rings. The number of rotatable bonds is 8. The lowest BCUT2D eigenvalue weighted by Gasteiger charge is -2.18. The second-order valence-electron chi connectivity index (χ2n) is 6.30. The lowest BCUT2D eigenvalue weighted by Crippen LogP contribution is -2.44. The first-order chi connectivity index (χ1) is 14.1. The van der Waals surface area contributed by atoms with Gasteiger partial charge in [0, 0.05) is 23.6 Å². The zero-order chi connectivity index (χ0) is 20.6. The number of carbonyl (C=O) groups is 2. The van der Waals surface area contributed by atoms with Crippen molar-refractivity contribution < 1.29 is 14.0 Å². The molecule has 29 heavy (non-hydrogen) atoms. The molecule has 1 heterocycles. The molecule has 8 heteroatoms. The van der Waals surface area contributed by atoms with Gasteiger partial charge in [0.05, 0.1) is 12.0 Å². The zero-order valence-corrected chi connectivity index (χ0v) is 16.7. The number of thioether (sulfide) groups is 1. The molecule has 0 aliphatic heterocycles. The predicted octanol–water partition coefficient (Wildman–Crippen LogP) is 3.50. The maximum absolute atomic E-state index is 14.4. The Morgan fingerprint density at radius 1 is 1.21 bits per heavy atom. The number of halogens is 1. The Hall–Kier alpha value is -3.13. The lowest BCUT2D eigenvalue weighted by atomic mass is 10.1. The van der Waals surface area contributed by atoms with E-state index in [2.05, 4.69) is 15.6 Å². The first-order valence-corrected chi connectivity index (χ1v) is 10.4. The van der Waals surface area contributed by atoms with Gasteiger partial charge in [-0.25, -0.2) is 9.37 Å². The third-order valence-corrected chi connectivity index (χ3v) is 4.91. The largest absolute Gasteiger partial charge is 0.340 e. The SMILES string of the molecule is CSCCC(NC(=O)c1ccccc1)C(=O)Nc1ccc(-n2ccnc2)c(F)c1. The van der Waals surface area contributed by atoms with E-state index in [-0.39, 0.29) is 5.91 Å². The van der Waals surface area contributed by atoms with E-state index in [1.807, 2.05) is 12.3 Å². The van der Waals surface area contributed by atoms with Gasteiger partial charge in [-0.3, -0.25) is 9.59 Å². The summed E-state index contributed by atoms with van der Waals surface area (Å²) in [4.78, 5) is 29.1. The average molecular weight is 412 g/mol. The minimum atomic E-state index is -0.730. The maximum atomic E-state index is 14.4. The fourth-order valence-corrected chi connectivity index (χ4v) is 3.23. The summed E-state index contributed by atoms with van der Waals surface area (Å²) in [6.07, 6.45) is 7.07. The molecule has 0 aliphatic carbocycles. The number of hydrogen-bond donors (Lipinski definition) is 2. The predicted molar refractivity (Wildman–Crippen MR) is 113 cm³/mol. The van der Waals surface area contributed by atoms with Crippen LogP contribution >= 0.6 is 11.8 Å². The Balaban J connectivity index is 1.71. The van der Waals surface area contributed by atoms with Crippen LogP contribution in [-0.4, -0.2) is 39.4 Å². The van der Waals surface area contributed by atoms with Gasteiger partial charge in [0.2, 0.25) is 5.91 Å². The van der Waals surface area contributed by atoms with Crippen molar-refractivity contribution in [3.63, 3.8) is 0 Å². The quantitative estimate of drug-likeness (QED) is 0.594. The van der Waals surface area contributed by atoms with E-state index >= 15 is 0 Å². The fraction of sp³-hybridized carbons (Fsp3) is 0.190. The van der Waals surface area contributed by atoms with Crippen LogP contribution in [0.2, 0.25) is 0 Å². The summed E-state index contributed by atoms with van der Waals surface area (Å²) in [6.45, 7) is 0. The van der Waals surface area contributed by atoms with Crippen LogP contribution in [0, 0.1) is 5.82 Å². The highest BCUT2D eigenvalue weighted by Gasteiger charge is 2.21. The number of carbonyl (C=O) groups excluding carboxylic acids is 2. The van der Waals surface area contributed by atoms with Gasteiger partial charge in [0.1, 0.15) is 11.9 Å². The van der Waals surface area contributed by atoms with Gasteiger partial charge in [-0.1, -0.05) is 18.2 Å². The highest BCUT2D eigenvalue weighted by Crippen LogP contribution is 2.18. The normalized spacial score (nSPS) is 11.7. The monoisotopic (exact) mass is 412 g/mol. The third kappa shape index (κ3) is 5.45. The molecule has 2 N–H and O–H groups in total. The van der Waals surface area contributed by atoms with E-state index in [0.717, 1.165) is 0 Å². The maximum Gasteiger partial charge on any atom is 0.251 e. The Morgan fingerprint density at radius 2 is 2.00 bits per heavy atom. The number of amides is 2. The average Bonchev–Trinajstić information content (AvgIpc) is 3.26. The van der Waals surface area contributed by atoms with Crippen molar-refractivity contribution in [3.8, 4) is 5.69 Å². The molecular formula is C21H21FN4O2S. The Labute approximate surface area is 172 Å². The molecule has 150 valence electrons. The molecule has 3 rings (SSSR count). The zero-order valence-electron chi connectivity index (χ0n) is 15.8. The van der Waals surface area contributed by atoms with Crippen LogP contribution in [0.25, 0.3) is 5.69 Å². The minimum absolute atomic E-state index is 0.319. The second kappa shape index (κ2) is 9.88. The summed E-state index contributed by atoms with van der Waals surface area (Å²) in [5, 5.41) is 5.46. The van der Waals surface area contributed by atoms with Crippen LogP contribution in [0.4, 0.5) is 10.1 Å². The molecule has 1 aromatic heterocycles. The van der Waals surface area contributed by atoms with Crippen molar-refractivity contribution in [2.24, 2.45) is 0 Å². The van der Waals surface area contributed by atoms with Crippen molar-refractivity contribution >= 4 is 29.3 Å². The van der Waals surface area contributed by atoms with Crippen molar-refractivity contribution in [2.45, 2.75) is 12.5 Å². The van der Waals surface area contributed by atoms with Crippen LogP contribution in [0.15, 0.2) is 67.3 Å². The van der Waals surface area contributed by atoms with Crippen LogP contribution < -0.4 is 10.6 Å². The first-order valence-electron chi connectivity index (χ1n) is 9.02. The molecule has 0 spiro atoms. The molecule has 0 bridgehead atoms. The van der Waals surface area contributed by atoms with Crippen molar-refractivity contribution in [1.82, 2.24) is 14.9 Å². The molecule has 0 saturated carbocycles. The van der Waals surface area contributed by atoms with E-state index in [1.165, 1.54) is 12.4 Å². The van der Waals surface area contributed by atoms with Crippen molar-refractivity contribution in [2.75, 3.05) is 17.3 Å². The van der Waals surface area contributed by atoms with Gasteiger partial charge < -0.3 is 15.2 Å². The van der Waals surface area contributed by atoms with E-state index in [0.29, 0.717) is 29.1 Å². The number of benzene rings is 2. The number of nitrogens with one attached hydrogen (secondary N) is 2. The van der Waals surface area contributed by atoms with Crippen LogP contribution in [0.5, 0.6) is 0 Å². The van der Waals surface area contributed by atoms with Crippen molar-refractivity contribution in [1.29, 1.82) is 0 Å². The standard InChI is InChI=1S/C21H21FN4O2S/c1-29-12-9-18(25-20(27)15-5-3-2-4-6-15)21(28)24-16-7-8-19(17(22)13-16)26-11-10-23-14-26/h2-8,10-11,13-14,18H,9,12H2,1H3,(H,24,28)(H,25,27). The number of anilines is 1. The lowest BCUT2D eigenvalue weighted by molar-refractivity contribution is -0.118. The summed E-state index contributed by atoms with van der Waals surface area (Å²) in [5.74, 6) is -0.512. The van der Waals surface area contributed by atoms with Gasteiger partial charge in [0.25, 0.3) is 5.91 Å². The highest BCUT2D eigenvalue weighted by molar-refractivity contribution is 7.98. The number of nitrogens with zero attached hydrogens (tertiary/aromatic N) is 2. The van der Waals surface area contributed by atoms with E-state index < -0.39 is 17.8 Å². The van der Waals surface area contributed by atoms with Gasteiger partial charge in [-0.15, -0.1) is 0 Å². The minimum Gasteiger partial charge on any atom is -0.340 e. The van der Waals surface area contributed by atoms with Crippen LogP contribution in [0.3, 0.4) is 0 Å². The van der Waals surface area contributed by atoms with Gasteiger partial charge in [-0.05, 0) is 48.8 Å². The highest BCUT2D eigenvalue weighted by atomic mass is 32.2. The molecule has 0 fully saturated rings. The van der Waals surface area contributed by atoms with E-state index in [9.17, 15) is 14.0 Å². The smallest absolute Gasteiger partial charge is 0.251 e. The second-order valence-corrected chi connectivity index (χ2v) is 7.28. The van der Waals surface area contributed by atoms with E-state index in [1.54, 1.807) is 65.1 Å². The third-order valence-electron chi connectivity index (χ3n) is 4.27. The molecule has 2 aromatic carbocycles. The Kier molecular flexibility index (Phi) is 7.02. The summed E-state index contributed by atoms with van der Waals surface area (Å²) in [6, 6.07) is 12.4. The number of aromatic nitrogens is 2. The molecule has 6 nitrogen and oxygen atoms in total. The molecule has 0 radical (unpaired) electrons.